The van der Waals surface area contributed by atoms with Gasteiger partial charge in [-0.2, -0.15) is 0 Å². The number of benzene rings is 1. The van der Waals surface area contributed by atoms with Crippen LogP contribution in [-0.2, 0) is 10.0 Å². The second kappa shape index (κ2) is 5.60. The molecule has 0 aliphatic heterocycles. The molecule has 0 saturated heterocycles. The number of aromatic nitrogens is 1. The highest BCUT2D eigenvalue weighted by Gasteiger charge is 2.16. The van der Waals surface area contributed by atoms with Gasteiger partial charge in [0.1, 0.15) is 4.90 Å². The van der Waals surface area contributed by atoms with Gasteiger partial charge in [-0.1, -0.05) is 22.0 Å². The van der Waals surface area contributed by atoms with E-state index >= 15 is 0 Å². The molecule has 1 aromatic carbocycles. The van der Waals surface area contributed by atoms with Crippen LogP contribution in [-0.4, -0.2) is 13.4 Å². The maximum absolute atomic E-state index is 12.2. The largest absolute Gasteiger partial charge is 0.279 e. The van der Waals surface area contributed by atoms with Crippen LogP contribution in [0.15, 0.2) is 50.5 Å². The number of aryl methyl sites for hydroxylation is 1. The van der Waals surface area contributed by atoms with Crippen molar-refractivity contribution in [2.45, 2.75) is 11.8 Å². The molecule has 0 amide bonds. The summed E-state index contributed by atoms with van der Waals surface area (Å²) in [5, 5.41) is 0. The zero-order chi connectivity index (χ0) is 14.0. The molecule has 0 saturated carbocycles. The molecule has 0 fully saturated rings. The number of halogens is 2. The van der Waals surface area contributed by atoms with Gasteiger partial charge in [-0.3, -0.25) is 9.71 Å². The minimum atomic E-state index is -3.64. The first-order chi connectivity index (χ1) is 8.88. The predicted octanol–water partition coefficient (Wildman–Crippen LogP) is 3.72. The molecule has 0 bridgehead atoms. The van der Waals surface area contributed by atoms with Gasteiger partial charge < -0.3 is 0 Å². The lowest BCUT2D eigenvalue weighted by atomic mass is 10.2. The smallest absolute Gasteiger partial charge is 0.263 e. The van der Waals surface area contributed by atoms with Crippen LogP contribution < -0.4 is 4.72 Å². The van der Waals surface area contributed by atoms with E-state index in [1.807, 2.05) is 19.1 Å². The zero-order valence-corrected chi connectivity index (χ0v) is 13.9. The molecule has 100 valence electrons. The molecule has 0 aliphatic rings. The number of hydrogen-bond acceptors (Lipinski definition) is 3. The van der Waals surface area contributed by atoms with Gasteiger partial charge in [0.05, 0.1) is 5.69 Å². The van der Waals surface area contributed by atoms with Crippen molar-refractivity contribution < 1.29 is 8.42 Å². The Labute approximate surface area is 128 Å². The molecule has 0 atom stereocenters. The van der Waals surface area contributed by atoms with Crippen molar-refractivity contribution in [3.05, 3.63) is 51.2 Å². The van der Waals surface area contributed by atoms with Crippen LogP contribution in [0.3, 0.4) is 0 Å². The average molecular weight is 406 g/mol. The van der Waals surface area contributed by atoms with E-state index in [1.54, 1.807) is 6.07 Å². The second-order valence-electron chi connectivity index (χ2n) is 3.90. The van der Waals surface area contributed by atoms with Crippen LogP contribution in [0.25, 0.3) is 0 Å². The molecule has 0 unspecified atom stereocenters. The first-order valence-electron chi connectivity index (χ1n) is 5.28. The molecule has 2 aromatic rings. The van der Waals surface area contributed by atoms with E-state index in [-0.39, 0.29) is 4.90 Å². The SMILES string of the molecule is Cc1ccc(Br)cc1NS(=O)(=O)c1cncc(Br)c1. The maximum atomic E-state index is 12.2. The summed E-state index contributed by atoms with van der Waals surface area (Å²) in [4.78, 5) is 3.97. The Bertz CT molecular complexity index is 717. The molecule has 0 spiro atoms. The van der Waals surface area contributed by atoms with E-state index < -0.39 is 10.0 Å². The molecule has 4 nitrogen and oxygen atoms in total. The van der Waals surface area contributed by atoms with Crippen molar-refractivity contribution in [3.63, 3.8) is 0 Å². The Balaban J connectivity index is 2.39. The van der Waals surface area contributed by atoms with Crippen LogP contribution in [0.1, 0.15) is 5.56 Å². The number of sulfonamides is 1. The Hall–Kier alpha value is -0.920. The summed E-state index contributed by atoms with van der Waals surface area (Å²) in [6, 6.07) is 6.91. The molecular formula is C12H10Br2N2O2S. The molecular weight excluding hydrogens is 396 g/mol. The van der Waals surface area contributed by atoms with E-state index in [4.69, 9.17) is 0 Å². The lowest BCUT2D eigenvalue weighted by Crippen LogP contribution is -2.14. The quantitative estimate of drug-likeness (QED) is 0.846. The van der Waals surface area contributed by atoms with E-state index in [1.165, 1.54) is 18.5 Å². The highest BCUT2D eigenvalue weighted by molar-refractivity contribution is 9.10. The summed E-state index contributed by atoms with van der Waals surface area (Å²) in [7, 11) is -3.64. The molecule has 1 N–H and O–H groups in total. The fraction of sp³-hybridized carbons (Fsp3) is 0.0833. The first-order valence-corrected chi connectivity index (χ1v) is 8.35. The van der Waals surface area contributed by atoms with E-state index in [9.17, 15) is 8.42 Å². The molecule has 0 radical (unpaired) electrons. The van der Waals surface area contributed by atoms with Crippen molar-refractivity contribution in [3.8, 4) is 0 Å². The lowest BCUT2D eigenvalue weighted by Gasteiger charge is -2.10. The van der Waals surface area contributed by atoms with Gasteiger partial charge in [-0.25, -0.2) is 8.42 Å². The van der Waals surface area contributed by atoms with Crippen LogP contribution in [0.4, 0.5) is 5.69 Å². The van der Waals surface area contributed by atoms with Crippen molar-refractivity contribution in [1.29, 1.82) is 0 Å². The second-order valence-corrected chi connectivity index (χ2v) is 7.42. The van der Waals surface area contributed by atoms with Gasteiger partial charge in [0, 0.05) is 21.3 Å². The van der Waals surface area contributed by atoms with E-state index in [2.05, 4.69) is 41.6 Å². The Kier molecular flexibility index (Phi) is 4.27. The molecule has 1 aromatic heterocycles. The normalized spacial score (nSPS) is 11.3. The fourth-order valence-corrected chi connectivity index (χ4v) is 3.43. The predicted molar refractivity (Wildman–Crippen MR) is 81.6 cm³/mol. The number of pyridine rings is 1. The van der Waals surface area contributed by atoms with Crippen LogP contribution in [0.2, 0.25) is 0 Å². The molecule has 0 aliphatic carbocycles. The summed E-state index contributed by atoms with van der Waals surface area (Å²) >= 11 is 6.52. The standard InChI is InChI=1S/C12H10Br2N2O2S/c1-8-2-3-9(13)5-12(8)16-19(17,18)11-4-10(14)6-15-7-11/h2-7,16H,1H3. The van der Waals surface area contributed by atoms with Gasteiger partial charge in [-0.15, -0.1) is 0 Å². The minimum absolute atomic E-state index is 0.112. The van der Waals surface area contributed by atoms with Crippen molar-refractivity contribution in [2.24, 2.45) is 0 Å². The van der Waals surface area contributed by atoms with Gasteiger partial charge in [0.15, 0.2) is 0 Å². The van der Waals surface area contributed by atoms with Gasteiger partial charge >= 0.3 is 0 Å². The van der Waals surface area contributed by atoms with Crippen molar-refractivity contribution in [2.75, 3.05) is 4.72 Å². The fourth-order valence-electron chi connectivity index (χ4n) is 1.45. The van der Waals surface area contributed by atoms with E-state index in [0.29, 0.717) is 10.2 Å². The van der Waals surface area contributed by atoms with Crippen LogP contribution >= 0.6 is 31.9 Å². The third-order valence-corrected chi connectivity index (χ3v) is 4.69. The minimum Gasteiger partial charge on any atom is -0.279 e. The summed E-state index contributed by atoms with van der Waals surface area (Å²) in [6.45, 7) is 1.84. The van der Waals surface area contributed by atoms with Crippen molar-refractivity contribution in [1.82, 2.24) is 4.98 Å². The van der Waals surface area contributed by atoms with Crippen molar-refractivity contribution >= 4 is 47.6 Å². The van der Waals surface area contributed by atoms with Crippen LogP contribution in [0.5, 0.6) is 0 Å². The zero-order valence-electron chi connectivity index (χ0n) is 9.89. The van der Waals surface area contributed by atoms with Crippen LogP contribution in [0, 0.1) is 6.92 Å². The molecule has 19 heavy (non-hydrogen) atoms. The number of anilines is 1. The maximum Gasteiger partial charge on any atom is 0.263 e. The Morgan fingerprint density at radius 2 is 1.84 bits per heavy atom. The summed E-state index contributed by atoms with van der Waals surface area (Å²) in [6.07, 6.45) is 2.84. The third kappa shape index (κ3) is 3.55. The third-order valence-electron chi connectivity index (χ3n) is 2.43. The number of rotatable bonds is 3. The van der Waals surface area contributed by atoms with Gasteiger partial charge in [0.25, 0.3) is 10.0 Å². The summed E-state index contributed by atoms with van der Waals surface area (Å²) in [5.41, 5.74) is 1.38. The topological polar surface area (TPSA) is 59.1 Å². The highest BCUT2D eigenvalue weighted by atomic mass is 79.9. The molecule has 1 heterocycles. The monoisotopic (exact) mass is 404 g/mol. The summed E-state index contributed by atoms with van der Waals surface area (Å²) in [5.74, 6) is 0. The first kappa shape index (κ1) is 14.5. The Morgan fingerprint density at radius 3 is 2.53 bits per heavy atom. The molecule has 2 rings (SSSR count). The summed E-state index contributed by atoms with van der Waals surface area (Å²) < 4.78 is 28.4. The van der Waals surface area contributed by atoms with Gasteiger partial charge in [-0.05, 0) is 46.6 Å². The van der Waals surface area contributed by atoms with Gasteiger partial charge in [0.2, 0.25) is 0 Å². The highest BCUT2D eigenvalue weighted by Crippen LogP contribution is 2.24. The Morgan fingerprint density at radius 1 is 1.11 bits per heavy atom. The van der Waals surface area contributed by atoms with E-state index in [0.717, 1.165) is 10.0 Å². The molecule has 7 heteroatoms. The number of nitrogens with zero attached hydrogens (tertiary/aromatic N) is 1. The number of hydrogen-bond donors (Lipinski definition) is 1. The average Bonchev–Trinajstić information content (AvgIpc) is 2.33. The number of nitrogens with one attached hydrogen (secondary N) is 1. The lowest BCUT2D eigenvalue weighted by molar-refractivity contribution is 0.600.